The predicted octanol–water partition coefficient (Wildman–Crippen LogP) is 2.49. The second-order valence-corrected chi connectivity index (χ2v) is 4.47. The fourth-order valence-electron chi connectivity index (χ4n) is 2.05. The first-order valence-electron chi connectivity index (χ1n) is 6.16. The number of fused-ring (bicyclic) bond motifs is 1. The molecule has 0 aliphatic rings. The van der Waals surface area contributed by atoms with Crippen LogP contribution in [-0.2, 0) is 16.1 Å². The highest BCUT2D eigenvalue weighted by Crippen LogP contribution is 2.22. The first-order valence-corrected chi connectivity index (χ1v) is 6.16. The molecule has 0 atom stereocenters. The van der Waals surface area contributed by atoms with Gasteiger partial charge in [-0.15, -0.1) is 0 Å². The number of benzene rings is 2. The van der Waals surface area contributed by atoms with Gasteiger partial charge >= 0.3 is 0 Å². The molecule has 0 radical (unpaired) electrons. The minimum Gasteiger partial charge on any atom is -0.463 e. The number of carbonyl (C=O) groups is 1. The number of hydrogen-bond donors (Lipinski definition) is 2. The molecule has 0 saturated heterocycles. The molecule has 1 heterocycles. The number of nitrogens with two attached hydrogens (primary N) is 1. The molecule has 0 unspecified atom stereocenters. The molecule has 0 bridgehead atoms. The Morgan fingerprint density at radius 3 is 2.75 bits per heavy atom. The van der Waals surface area contributed by atoms with Gasteiger partial charge in [0.2, 0.25) is 0 Å². The molecule has 0 fully saturated rings. The number of carbonyl (C=O) groups excluding carboxylic acids is 1. The molecular weight excluding hydrogens is 254 g/mol. The van der Waals surface area contributed by atoms with Gasteiger partial charge < -0.3 is 15.5 Å². The molecule has 0 amide bonds. The van der Waals surface area contributed by atoms with Gasteiger partial charge in [-0.05, 0) is 42.0 Å². The van der Waals surface area contributed by atoms with Crippen molar-refractivity contribution in [3.05, 3.63) is 48.0 Å². The smallest absolute Gasteiger partial charge is 0.293 e. The standard InChI is InChI=1S/C15H13N3O2/c16-12-4-2-11(3-5-12)15-17-13-6-1-10(8-20-9-19)7-14(13)18-15/h1-7,9H,8,16H2,(H,17,18). The van der Waals surface area contributed by atoms with E-state index in [-0.39, 0.29) is 6.61 Å². The van der Waals surface area contributed by atoms with Gasteiger partial charge in [-0.25, -0.2) is 4.98 Å². The number of aromatic nitrogens is 2. The molecule has 5 heteroatoms. The average Bonchev–Trinajstić information content (AvgIpc) is 2.89. The Morgan fingerprint density at radius 2 is 2.00 bits per heavy atom. The van der Waals surface area contributed by atoms with Gasteiger partial charge in [-0.2, -0.15) is 0 Å². The van der Waals surface area contributed by atoms with Gasteiger partial charge in [-0.3, -0.25) is 4.79 Å². The van der Waals surface area contributed by atoms with Crippen LogP contribution in [0, 0.1) is 0 Å². The van der Waals surface area contributed by atoms with Crippen LogP contribution in [0.5, 0.6) is 0 Å². The minimum absolute atomic E-state index is 0.260. The van der Waals surface area contributed by atoms with Crippen LogP contribution in [0.1, 0.15) is 5.56 Å². The third kappa shape index (κ3) is 2.33. The quantitative estimate of drug-likeness (QED) is 0.562. The van der Waals surface area contributed by atoms with Crippen molar-refractivity contribution < 1.29 is 9.53 Å². The largest absolute Gasteiger partial charge is 0.463 e. The van der Waals surface area contributed by atoms with E-state index in [1.807, 2.05) is 42.5 Å². The van der Waals surface area contributed by atoms with Gasteiger partial charge in [0.1, 0.15) is 12.4 Å². The monoisotopic (exact) mass is 267 g/mol. The maximum atomic E-state index is 10.2. The molecule has 20 heavy (non-hydrogen) atoms. The summed E-state index contributed by atoms with van der Waals surface area (Å²) in [7, 11) is 0. The number of nitrogens with zero attached hydrogens (tertiary/aromatic N) is 1. The van der Waals surface area contributed by atoms with Gasteiger partial charge in [0, 0.05) is 11.3 Å². The molecule has 0 spiro atoms. The zero-order valence-corrected chi connectivity index (χ0v) is 10.7. The number of anilines is 1. The lowest BCUT2D eigenvalue weighted by atomic mass is 10.2. The van der Waals surface area contributed by atoms with Gasteiger partial charge in [0.15, 0.2) is 0 Å². The lowest BCUT2D eigenvalue weighted by molar-refractivity contribution is -0.129. The van der Waals surface area contributed by atoms with Crippen molar-refractivity contribution in [3.63, 3.8) is 0 Å². The summed E-state index contributed by atoms with van der Waals surface area (Å²) in [6.07, 6.45) is 0. The Hall–Kier alpha value is -2.82. The summed E-state index contributed by atoms with van der Waals surface area (Å²) in [6.45, 7) is 0.701. The average molecular weight is 267 g/mol. The minimum atomic E-state index is 0.260. The second kappa shape index (κ2) is 5.05. The van der Waals surface area contributed by atoms with Crippen LogP contribution in [0.2, 0.25) is 0 Å². The van der Waals surface area contributed by atoms with E-state index in [1.165, 1.54) is 0 Å². The van der Waals surface area contributed by atoms with E-state index in [4.69, 9.17) is 10.5 Å². The van der Waals surface area contributed by atoms with Crippen LogP contribution in [-0.4, -0.2) is 16.4 Å². The van der Waals surface area contributed by atoms with E-state index < -0.39 is 0 Å². The Morgan fingerprint density at radius 1 is 1.20 bits per heavy atom. The Balaban J connectivity index is 1.97. The van der Waals surface area contributed by atoms with E-state index in [9.17, 15) is 4.79 Å². The first-order chi connectivity index (χ1) is 9.76. The van der Waals surface area contributed by atoms with Gasteiger partial charge in [0.25, 0.3) is 6.47 Å². The number of imidazole rings is 1. The predicted molar refractivity (Wildman–Crippen MR) is 76.8 cm³/mol. The van der Waals surface area contributed by atoms with Crippen LogP contribution in [0.3, 0.4) is 0 Å². The summed E-state index contributed by atoms with van der Waals surface area (Å²) in [5.41, 5.74) is 10.1. The lowest BCUT2D eigenvalue weighted by Gasteiger charge is -1.98. The number of nitrogen functional groups attached to an aromatic ring is 1. The second-order valence-electron chi connectivity index (χ2n) is 4.47. The lowest BCUT2D eigenvalue weighted by Crippen LogP contribution is -1.89. The van der Waals surface area contributed by atoms with Crippen LogP contribution in [0.4, 0.5) is 5.69 Å². The normalized spacial score (nSPS) is 10.6. The number of nitrogens with one attached hydrogen (secondary N) is 1. The van der Waals surface area contributed by atoms with E-state index >= 15 is 0 Å². The van der Waals surface area contributed by atoms with E-state index in [0.717, 1.165) is 33.7 Å². The van der Waals surface area contributed by atoms with Crippen LogP contribution in [0.15, 0.2) is 42.5 Å². The fraction of sp³-hybridized carbons (Fsp3) is 0.0667. The van der Waals surface area contributed by atoms with Crippen LogP contribution in [0.25, 0.3) is 22.4 Å². The third-order valence-corrected chi connectivity index (χ3v) is 3.05. The number of ether oxygens (including phenoxy) is 1. The van der Waals surface area contributed by atoms with Crippen molar-refractivity contribution in [2.45, 2.75) is 6.61 Å². The van der Waals surface area contributed by atoms with Gasteiger partial charge in [-0.1, -0.05) is 6.07 Å². The summed E-state index contributed by atoms with van der Waals surface area (Å²) in [4.78, 5) is 18.0. The number of hydrogen-bond acceptors (Lipinski definition) is 4. The van der Waals surface area contributed by atoms with E-state index in [1.54, 1.807) is 0 Å². The Kier molecular flexibility index (Phi) is 3.09. The van der Waals surface area contributed by atoms with Crippen LogP contribution >= 0.6 is 0 Å². The van der Waals surface area contributed by atoms with Crippen molar-refractivity contribution in [2.24, 2.45) is 0 Å². The molecule has 100 valence electrons. The van der Waals surface area contributed by atoms with Gasteiger partial charge in [0.05, 0.1) is 11.0 Å². The highest BCUT2D eigenvalue weighted by atomic mass is 16.5. The number of rotatable bonds is 4. The van der Waals surface area contributed by atoms with Crippen molar-refractivity contribution in [1.82, 2.24) is 9.97 Å². The maximum Gasteiger partial charge on any atom is 0.293 e. The van der Waals surface area contributed by atoms with Crippen molar-refractivity contribution in [1.29, 1.82) is 0 Å². The molecule has 3 aromatic rings. The molecule has 1 aromatic heterocycles. The molecular formula is C15H13N3O2. The zero-order valence-electron chi connectivity index (χ0n) is 10.7. The first kappa shape index (κ1) is 12.2. The highest BCUT2D eigenvalue weighted by Gasteiger charge is 2.06. The van der Waals surface area contributed by atoms with Crippen LogP contribution < -0.4 is 5.73 Å². The van der Waals surface area contributed by atoms with E-state index in [2.05, 4.69) is 9.97 Å². The maximum absolute atomic E-state index is 10.2. The summed E-state index contributed by atoms with van der Waals surface area (Å²) < 4.78 is 4.74. The molecule has 3 rings (SSSR count). The number of H-pyrrole nitrogens is 1. The third-order valence-electron chi connectivity index (χ3n) is 3.05. The molecule has 5 nitrogen and oxygen atoms in total. The van der Waals surface area contributed by atoms with Crippen molar-refractivity contribution >= 4 is 23.2 Å². The molecule has 0 aliphatic heterocycles. The summed E-state index contributed by atoms with van der Waals surface area (Å²) in [6, 6.07) is 13.2. The molecule has 2 aromatic carbocycles. The van der Waals surface area contributed by atoms with E-state index in [0.29, 0.717) is 6.47 Å². The SMILES string of the molecule is Nc1ccc(-c2nc3ccc(COC=O)cc3[nH]2)cc1. The Labute approximate surface area is 115 Å². The molecule has 0 saturated carbocycles. The topological polar surface area (TPSA) is 81.0 Å². The molecule has 0 aliphatic carbocycles. The van der Waals surface area contributed by atoms with Crippen molar-refractivity contribution in [3.8, 4) is 11.4 Å². The highest BCUT2D eigenvalue weighted by molar-refractivity contribution is 5.80. The van der Waals surface area contributed by atoms with Crippen molar-refractivity contribution in [2.75, 3.05) is 5.73 Å². The number of aromatic amines is 1. The zero-order chi connectivity index (χ0) is 13.9. The fourth-order valence-corrected chi connectivity index (χ4v) is 2.05. The summed E-state index contributed by atoms with van der Waals surface area (Å²) in [5.74, 6) is 0.786. The summed E-state index contributed by atoms with van der Waals surface area (Å²) >= 11 is 0. The Bertz CT molecular complexity index is 747. The summed E-state index contributed by atoms with van der Waals surface area (Å²) in [5, 5.41) is 0. The molecule has 3 N–H and O–H groups in total.